The summed E-state index contributed by atoms with van der Waals surface area (Å²) < 4.78 is 27.2. The number of hydrogen-bond donors (Lipinski definition) is 1. The SMILES string of the molecule is C[C@H](NCCCOc1cc(-c2ccc(F)cc2Cl)c2ccc(=O)n(-c3ccccc3)c2c1)C(=O)OC1CCCC1. The zero-order valence-corrected chi connectivity index (χ0v) is 23.1. The molecule has 1 heterocycles. The molecule has 1 N–H and O–H groups in total. The number of benzene rings is 3. The van der Waals surface area contributed by atoms with Gasteiger partial charge in [0, 0.05) is 28.8 Å². The summed E-state index contributed by atoms with van der Waals surface area (Å²) in [6, 6.07) is 20.2. The number of nitrogens with zero attached hydrogens (tertiary/aromatic N) is 1. The van der Waals surface area contributed by atoms with E-state index < -0.39 is 11.9 Å². The van der Waals surface area contributed by atoms with Gasteiger partial charge in [-0.2, -0.15) is 0 Å². The highest BCUT2D eigenvalue weighted by Crippen LogP contribution is 2.37. The van der Waals surface area contributed by atoms with Crippen LogP contribution in [0.4, 0.5) is 4.39 Å². The molecule has 8 heteroatoms. The Hall–Kier alpha value is -3.68. The molecular weight excluding hydrogens is 531 g/mol. The lowest BCUT2D eigenvalue weighted by Gasteiger charge is -2.18. The third kappa shape index (κ3) is 6.37. The van der Waals surface area contributed by atoms with Gasteiger partial charge in [0.1, 0.15) is 23.7 Å². The van der Waals surface area contributed by atoms with Crippen molar-refractivity contribution in [1.82, 2.24) is 9.88 Å². The summed E-state index contributed by atoms with van der Waals surface area (Å²) in [6.45, 7) is 2.75. The Labute approximate surface area is 237 Å². The summed E-state index contributed by atoms with van der Waals surface area (Å²) in [7, 11) is 0. The molecule has 0 bridgehead atoms. The summed E-state index contributed by atoms with van der Waals surface area (Å²) in [5.74, 6) is -0.102. The maximum Gasteiger partial charge on any atom is 0.323 e. The van der Waals surface area contributed by atoms with Crippen LogP contribution in [-0.4, -0.2) is 35.8 Å². The highest BCUT2D eigenvalue weighted by atomic mass is 35.5. The van der Waals surface area contributed by atoms with E-state index in [2.05, 4.69) is 5.32 Å². The van der Waals surface area contributed by atoms with Crippen molar-refractivity contribution in [2.24, 2.45) is 0 Å². The predicted molar refractivity (Wildman–Crippen MR) is 156 cm³/mol. The Kier molecular flexibility index (Phi) is 8.82. The van der Waals surface area contributed by atoms with Gasteiger partial charge in [0.05, 0.1) is 17.1 Å². The number of carbonyl (C=O) groups excluding carboxylic acids is 1. The highest BCUT2D eigenvalue weighted by Gasteiger charge is 2.22. The van der Waals surface area contributed by atoms with Crippen molar-refractivity contribution < 1.29 is 18.7 Å². The topological polar surface area (TPSA) is 69.6 Å². The first-order valence-corrected chi connectivity index (χ1v) is 14.1. The number of ether oxygens (including phenoxy) is 2. The van der Waals surface area contributed by atoms with Gasteiger partial charge in [0.15, 0.2) is 0 Å². The molecule has 3 aromatic carbocycles. The third-order valence-electron chi connectivity index (χ3n) is 7.20. The predicted octanol–water partition coefficient (Wildman–Crippen LogP) is 6.68. The molecule has 1 fully saturated rings. The van der Waals surface area contributed by atoms with Crippen LogP contribution in [0.3, 0.4) is 0 Å². The zero-order chi connectivity index (χ0) is 28.1. The summed E-state index contributed by atoms with van der Waals surface area (Å²) in [5.41, 5.74) is 2.54. The van der Waals surface area contributed by atoms with Crippen LogP contribution in [0.2, 0.25) is 5.02 Å². The van der Waals surface area contributed by atoms with Crippen LogP contribution in [-0.2, 0) is 9.53 Å². The molecule has 0 unspecified atom stereocenters. The van der Waals surface area contributed by atoms with Crippen molar-refractivity contribution in [1.29, 1.82) is 0 Å². The smallest absolute Gasteiger partial charge is 0.323 e. The molecule has 0 spiro atoms. The quantitative estimate of drug-likeness (QED) is 0.172. The largest absolute Gasteiger partial charge is 0.493 e. The summed E-state index contributed by atoms with van der Waals surface area (Å²) in [4.78, 5) is 25.4. The van der Waals surface area contributed by atoms with E-state index in [4.69, 9.17) is 21.1 Å². The second kappa shape index (κ2) is 12.7. The number of pyridine rings is 1. The monoisotopic (exact) mass is 562 g/mol. The van der Waals surface area contributed by atoms with E-state index in [1.807, 2.05) is 49.4 Å². The highest BCUT2D eigenvalue weighted by molar-refractivity contribution is 6.33. The Morgan fingerprint density at radius 3 is 2.58 bits per heavy atom. The number of rotatable bonds is 10. The minimum atomic E-state index is -0.430. The van der Waals surface area contributed by atoms with E-state index >= 15 is 0 Å². The first kappa shape index (κ1) is 27.9. The molecular formula is C32H32ClFN2O4. The second-order valence-corrected chi connectivity index (χ2v) is 10.5. The fourth-order valence-electron chi connectivity index (χ4n) is 5.11. The molecule has 1 aromatic heterocycles. The van der Waals surface area contributed by atoms with Crippen molar-refractivity contribution in [3.63, 3.8) is 0 Å². The molecule has 4 aromatic rings. The third-order valence-corrected chi connectivity index (χ3v) is 7.51. The lowest BCUT2D eigenvalue weighted by Crippen LogP contribution is -2.37. The van der Waals surface area contributed by atoms with Gasteiger partial charge in [-0.25, -0.2) is 4.39 Å². The average Bonchev–Trinajstić information content (AvgIpc) is 3.46. The molecule has 0 aliphatic heterocycles. The minimum absolute atomic E-state index is 0.0464. The van der Waals surface area contributed by atoms with Gasteiger partial charge in [-0.1, -0.05) is 29.8 Å². The van der Waals surface area contributed by atoms with Gasteiger partial charge < -0.3 is 14.8 Å². The molecule has 6 nitrogen and oxygen atoms in total. The van der Waals surface area contributed by atoms with Gasteiger partial charge >= 0.3 is 5.97 Å². The Bertz CT molecular complexity index is 1550. The van der Waals surface area contributed by atoms with Crippen molar-refractivity contribution in [2.75, 3.05) is 13.2 Å². The Morgan fingerprint density at radius 1 is 1.05 bits per heavy atom. The number of fused-ring (bicyclic) bond motifs is 1. The van der Waals surface area contributed by atoms with E-state index in [1.165, 1.54) is 18.2 Å². The van der Waals surface area contributed by atoms with Crippen molar-refractivity contribution in [2.45, 2.75) is 51.2 Å². The Morgan fingerprint density at radius 2 is 1.82 bits per heavy atom. The van der Waals surface area contributed by atoms with E-state index in [9.17, 15) is 14.0 Å². The van der Waals surface area contributed by atoms with Crippen LogP contribution < -0.4 is 15.6 Å². The molecule has 208 valence electrons. The minimum Gasteiger partial charge on any atom is -0.493 e. The number of nitrogens with one attached hydrogen (secondary N) is 1. The number of para-hydroxylation sites is 1. The summed E-state index contributed by atoms with van der Waals surface area (Å²) in [5, 5.41) is 4.25. The van der Waals surface area contributed by atoms with Crippen LogP contribution in [0.15, 0.2) is 77.6 Å². The number of hydrogen-bond acceptors (Lipinski definition) is 5. The van der Waals surface area contributed by atoms with Crippen LogP contribution >= 0.6 is 11.6 Å². The van der Waals surface area contributed by atoms with Crippen molar-refractivity contribution in [3.8, 4) is 22.6 Å². The maximum absolute atomic E-state index is 13.9. The van der Waals surface area contributed by atoms with E-state index in [0.29, 0.717) is 42.1 Å². The first-order valence-electron chi connectivity index (χ1n) is 13.7. The van der Waals surface area contributed by atoms with Gasteiger partial charge in [-0.15, -0.1) is 0 Å². The molecule has 40 heavy (non-hydrogen) atoms. The first-order chi connectivity index (χ1) is 19.4. The van der Waals surface area contributed by atoms with Crippen LogP contribution in [0.5, 0.6) is 5.75 Å². The zero-order valence-electron chi connectivity index (χ0n) is 22.4. The van der Waals surface area contributed by atoms with Crippen LogP contribution in [0.25, 0.3) is 27.7 Å². The molecule has 1 aliphatic rings. The fourth-order valence-corrected chi connectivity index (χ4v) is 5.38. The molecule has 0 radical (unpaired) electrons. The molecule has 1 aliphatic carbocycles. The number of halogens is 2. The van der Waals surface area contributed by atoms with Gasteiger partial charge in [-0.05, 0) is 93.6 Å². The van der Waals surface area contributed by atoms with Gasteiger partial charge in [0.25, 0.3) is 5.56 Å². The molecule has 0 saturated heterocycles. The molecule has 0 amide bonds. The van der Waals surface area contributed by atoms with E-state index in [1.54, 1.807) is 16.7 Å². The molecule has 1 saturated carbocycles. The summed E-state index contributed by atoms with van der Waals surface area (Å²) >= 11 is 6.46. The lowest BCUT2D eigenvalue weighted by atomic mass is 9.99. The van der Waals surface area contributed by atoms with Crippen molar-refractivity contribution >= 4 is 28.5 Å². The average molecular weight is 563 g/mol. The standard InChI is InChI=1S/C32H32ClFN2O4/c1-21(32(38)40-24-10-5-6-11-24)35-16-7-17-39-25-19-28(26-13-12-22(34)18-29(26)33)27-14-15-31(37)36(30(27)20-25)23-8-3-2-4-9-23/h2-4,8-9,12-15,18-21,24,35H,5-7,10-11,16-17H2,1H3/t21-/m0/s1. The van der Waals surface area contributed by atoms with E-state index in [-0.39, 0.29) is 22.7 Å². The lowest BCUT2D eigenvalue weighted by molar-refractivity contribution is -0.150. The van der Waals surface area contributed by atoms with Crippen LogP contribution in [0.1, 0.15) is 39.0 Å². The maximum atomic E-state index is 13.9. The number of carbonyl (C=O) groups is 1. The number of esters is 1. The number of aromatic nitrogens is 1. The molecule has 5 rings (SSSR count). The fraction of sp³-hybridized carbons (Fsp3) is 0.312. The normalized spacial score (nSPS) is 14.4. The van der Waals surface area contributed by atoms with Crippen LogP contribution in [0, 0.1) is 5.82 Å². The Balaban J connectivity index is 1.37. The molecule has 1 atom stereocenters. The second-order valence-electron chi connectivity index (χ2n) is 10.1. The summed E-state index contributed by atoms with van der Waals surface area (Å²) in [6.07, 6.45) is 4.81. The van der Waals surface area contributed by atoms with Gasteiger partial charge in [-0.3, -0.25) is 14.2 Å². The van der Waals surface area contributed by atoms with Crippen molar-refractivity contribution in [3.05, 3.63) is 94.0 Å². The van der Waals surface area contributed by atoms with E-state index in [0.717, 1.165) is 36.6 Å². The van der Waals surface area contributed by atoms with Gasteiger partial charge in [0.2, 0.25) is 0 Å².